The second-order valence-corrected chi connectivity index (χ2v) is 6.06. The highest BCUT2D eigenvalue weighted by atomic mass is 16.6. The van der Waals surface area contributed by atoms with Gasteiger partial charge in [-0.2, -0.15) is 0 Å². The van der Waals surface area contributed by atoms with Crippen molar-refractivity contribution in [3.05, 3.63) is 0 Å². The minimum atomic E-state index is -0.859. The standard InChI is InChI=1S/C12H23N3O3.C2H4O2/c1-11(2,3)18-10(17)15-12(9(16)13-4)5-7-14-8-6-12;1-2(3)4/h14H,5-8H2,1-4H3,(H,13,16)(H,15,17);1H3,(H,3,4). The van der Waals surface area contributed by atoms with Crippen LogP contribution in [0.2, 0.25) is 0 Å². The predicted octanol–water partition coefficient (Wildman–Crippen LogP) is 0.470. The Kier molecular flexibility index (Phi) is 7.86. The molecule has 0 saturated carbocycles. The van der Waals surface area contributed by atoms with E-state index in [0.29, 0.717) is 25.9 Å². The SMILES string of the molecule is CC(=O)O.CNC(=O)C1(NC(=O)OC(C)(C)C)CCNCC1. The van der Waals surface area contributed by atoms with E-state index in [-0.39, 0.29) is 5.91 Å². The normalized spacial score (nSPS) is 16.6. The molecular formula is C14H27N3O5. The van der Waals surface area contributed by atoms with Crippen molar-refractivity contribution < 1.29 is 24.2 Å². The Morgan fingerprint density at radius 1 is 1.18 bits per heavy atom. The molecule has 0 bridgehead atoms. The molecule has 0 spiro atoms. The zero-order chi connectivity index (χ0) is 17.4. The van der Waals surface area contributed by atoms with Gasteiger partial charge < -0.3 is 25.8 Å². The molecule has 0 aromatic heterocycles. The molecule has 0 radical (unpaired) electrons. The van der Waals surface area contributed by atoms with Crippen LogP contribution in [0.1, 0.15) is 40.5 Å². The average molecular weight is 317 g/mol. The third-order valence-electron chi connectivity index (χ3n) is 2.86. The van der Waals surface area contributed by atoms with Crippen LogP contribution in [0.15, 0.2) is 0 Å². The van der Waals surface area contributed by atoms with Gasteiger partial charge in [0.2, 0.25) is 5.91 Å². The molecule has 4 N–H and O–H groups in total. The number of alkyl carbamates (subject to hydrolysis) is 1. The summed E-state index contributed by atoms with van der Waals surface area (Å²) in [5, 5.41) is 15.9. The van der Waals surface area contributed by atoms with Crippen LogP contribution in [-0.4, -0.2) is 54.4 Å². The topological polar surface area (TPSA) is 117 Å². The second kappa shape index (κ2) is 8.57. The number of hydrogen-bond donors (Lipinski definition) is 4. The summed E-state index contributed by atoms with van der Waals surface area (Å²) in [6.07, 6.45) is 0.575. The quantitative estimate of drug-likeness (QED) is 0.588. The number of carbonyl (C=O) groups excluding carboxylic acids is 2. The number of rotatable bonds is 2. The van der Waals surface area contributed by atoms with Gasteiger partial charge in [0.1, 0.15) is 11.1 Å². The first-order valence-electron chi connectivity index (χ1n) is 7.16. The summed E-state index contributed by atoms with van der Waals surface area (Å²) in [6, 6.07) is 0. The van der Waals surface area contributed by atoms with Crippen molar-refractivity contribution in [2.24, 2.45) is 0 Å². The highest BCUT2D eigenvalue weighted by Crippen LogP contribution is 2.19. The number of aliphatic carboxylic acids is 1. The lowest BCUT2D eigenvalue weighted by molar-refractivity contribution is -0.134. The molecule has 22 heavy (non-hydrogen) atoms. The Hall–Kier alpha value is -1.83. The molecule has 8 heteroatoms. The van der Waals surface area contributed by atoms with Crippen molar-refractivity contribution in [2.75, 3.05) is 20.1 Å². The van der Waals surface area contributed by atoms with Gasteiger partial charge in [-0.25, -0.2) is 4.79 Å². The Labute approximate surface area is 131 Å². The minimum absolute atomic E-state index is 0.171. The number of hydrogen-bond acceptors (Lipinski definition) is 5. The molecule has 0 aromatic carbocycles. The van der Waals surface area contributed by atoms with Crippen molar-refractivity contribution in [1.82, 2.24) is 16.0 Å². The summed E-state index contributed by atoms with van der Waals surface area (Å²) < 4.78 is 5.21. The third-order valence-corrected chi connectivity index (χ3v) is 2.86. The fourth-order valence-electron chi connectivity index (χ4n) is 2.00. The maximum Gasteiger partial charge on any atom is 0.408 e. The maximum absolute atomic E-state index is 12.0. The maximum atomic E-state index is 12.0. The lowest BCUT2D eigenvalue weighted by Gasteiger charge is -2.36. The predicted molar refractivity (Wildman–Crippen MR) is 81.6 cm³/mol. The lowest BCUT2D eigenvalue weighted by Crippen LogP contribution is -2.62. The van der Waals surface area contributed by atoms with Crippen molar-refractivity contribution in [3.8, 4) is 0 Å². The van der Waals surface area contributed by atoms with Crippen LogP contribution in [0.4, 0.5) is 4.79 Å². The molecule has 0 atom stereocenters. The number of nitrogens with one attached hydrogen (secondary N) is 3. The molecule has 1 fully saturated rings. The highest BCUT2D eigenvalue weighted by Gasteiger charge is 2.41. The first-order chi connectivity index (χ1) is 10.0. The Morgan fingerprint density at radius 2 is 1.64 bits per heavy atom. The fraction of sp³-hybridized carbons (Fsp3) is 0.786. The number of piperidine rings is 1. The summed E-state index contributed by atoms with van der Waals surface area (Å²) in [5.74, 6) is -1.00. The summed E-state index contributed by atoms with van der Waals surface area (Å²) in [6.45, 7) is 7.86. The molecule has 1 aliphatic heterocycles. The summed E-state index contributed by atoms with van der Waals surface area (Å²) in [7, 11) is 1.57. The van der Waals surface area contributed by atoms with E-state index in [4.69, 9.17) is 14.6 Å². The summed E-state index contributed by atoms with van der Waals surface area (Å²) >= 11 is 0. The van der Waals surface area contributed by atoms with Gasteiger partial charge in [-0.15, -0.1) is 0 Å². The van der Waals surface area contributed by atoms with Gasteiger partial charge in [-0.1, -0.05) is 0 Å². The van der Waals surface area contributed by atoms with Crippen LogP contribution in [0, 0.1) is 0 Å². The molecule has 0 unspecified atom stereocenters. The largest absolute Gasteiger partial charge is 0.481 e. The number of carboxylic acids is 1. The van der Waals surface area contributed by atoms with Crippen molar-refractivity contribution >= 4 is 18.0 Å². The first kappa shape index (κ1) is 20.2. The van der Waals surface area contributed by atoms with E-state index in [2.05, 4.69) is 16.0 Å². The van der Waals surface area contributed by atoms with Crippen LogP contribution < -0.4 is 16.0 Å². The van der Waals surface area contributed by atoms with Crippen LogP contribution in [0.3, 0.4) is 0 Å². The molecule has 1 heterocycles. The Balaban J connectivity index is 0.000000980. The van der Waals surface area contributed by atoms with Gasteiger partial charge in [-0.05, 0) is 46.7 Å². The van der Waals surface area contributed by atoms with Crippen LogP contribution in [0.5, 0.6) is 0 Å². The molecule has 0 aromatic rings. The Bertz CT molecular complexity index is 394. The zero-order valence-corrected chi connectivity index (χ0v) is 13.9. The van der Waals surface area contributed by atoms with Crippen molar-refractivity contribution in [3.63, 3.8) is 0 Å². The molecule has 1 aliphatic rings. The smallest absolute Gasteiger partial charge is 0.408 e. The fourth-order valence-corrected chi connectivity index (χ4v) is 2.00. The van der Waals surface area contributed by atoms with Crippen molar-refractivity contribution in [1.29, 1.82) is 0 Å². The number of carboxylic acid groups (broad SMARTS) is 1. The van der Waals surface area contributed by atoms with E-state index in [1.54, 1.807) is 27.8 Å². The molecule has 2 amide bonds. The van der Waals surface area contributed by atoms with Crippen molar-refractivity contribution in [2.45, 2.75) is 51.7 Å². The number of ether oxygens (including phenoxy) is 1. The summed E-state index contributed by atoms with van der Waals surface area (Å²) in [4.78, 5) is 32.8. The molecular weight excluding hydrogens is 290 g/mol. The van der Waals surface area contributed by atoms with E-state index >= 15 is 0 Å². The van der Waals surface area contributed by atoms with Gasteiger partial charge in [0.25, 0.3) is 5.97 Å². The average Bonchev–Trinajstić information content (AvgIpc) is 2.35. The minimum Gasteiger partial charge on any atom is -0.481 e. The van der Waals surface area contributed by atoms with Crippen LogP contribution >= 0.6 is 0 Å². The molecule has 128 valence electrons. The monoisotopic (exact) mass is 317 g/mol. The number of carbonyl (C=O) groups is 3. The van der Waals surface area contributed by atoms with Gasteiger partial charge in [-0.3, -0.25) is 9.59 Å². The summed E-state index contributed by atoms with van der Waals surface area (Å²) in [5.41, 5.74) is -1.43. The van der Waals surface area contributed by atoms with E-state index in [9.17, 15) is 9.59 Å². The third kappa shape index (κ3) is 7.82. The van der Waals surface area contributed by atoms with Gasteiger partial charge in [0.05, 0.1) is 0 Å². The molecule has 0 aliphatic carbocycles. The highest BCUT2D eigenvalue weighted by molar-refractivity contribution is 5.90. The molecule has 1 rings (SSSR count). The van der Waals surface area contributed by atoms with E-state index in [0.717, 1.165) is 6.92 Å². The van der Waals surface area contributed by atoms with Crippen LogP contribution in [0.25, 0.3) is 0 Å². The van der Waals surface area contributed by atoms with E-state index in [1.807, 2.05) is 0 Å². The van der Waals surface area contributed by atoms with Gasteiger partial charge >= 0.3 is 6.09 Å². The molecule has 8 nitrogen and oxygen atoms in total. The lowest BCUT2D eigenvalue weighted by atomic mass is 9.87. The zero-order valence-electron chi connectivity index (χ0n) is 13.9. The molecule has 1 saturated heterocycles. The Morgan fingerprint density at radius 3 is 2.00 bits per heavy atom. The van der Waals surface area contributed by atoms with E-state index in [1.165, 1.54) is 0 Å². The van der Waals surface area contributed by atoms with E-state index < -0.39 is 23.2 Å². The number of amides is 2. The second-order valence-electron chi connectivity index (χ2n) is 6.06. The van der Waals surface area contributed by atoms with Crippen LogP contribution in [-0.2, 0) is 14.3 Å². The van der Waals surface area contributed by atoms with Gasteiger partial charge in [0, 0.05) is 14.0 Å². The first-order valence-corrected chi connectivity index (χ1v) is 7.16. The number of likely N-dealkylation sites (N-methyl/N-ethyl adjacent to an activating group) is 1. The van der Waals surface area contributed by atoms with Gasteiger partial charge in [0.15, 0.2) is 0 Å².